The van der Waals surface area contributed by atoms with Crippen LogP contribution in [0.4, 0.5) is 5.95 Å². The van der Waals surface area contributed by atoms with Crippen LogP contribution in [0.25, 0.3) is 11.3 Å². The molecule has 9 heteroatoms. The molecule has 0 unspecified atom stereocenters. The fourth-order valence-corrected chi connectivity index (χ4v) is 3.48. The van der Waals surface area contributed by atoms with Crippen LogP contribution in [-0.4, -0.2) is 33.8 Å². The first-order valence-corrected chi connectivity index (χ1v) is 8.76. The summed E-state index contributed by atoms with van der Waals surface area (Å²) in [5, 5.41) is 0.491. The molecule has 2 N–H and O–H groups in total. The Kier molecular flexibility index (Phi) is 5.12. The maximum absolute atomic E-state index is 11.1. The third-order valence-electron chi connectivity index (χ3n) is 3.58. The number of nitrogens with zero attached hydrogens (tertiary/aromatic N) is 3. The first-order valence-electron chi connectivity index (χ1n) is 7.06. The summed E-state index contributed by atoms with van der Waals surface area (Å²) in [6.45, 7) is 1.19. The van der Waals surface area contributed by atoms with E-state index in [1.54, 1.807) is 17.0 Å². The van der Waals surface area contributed by atoms with Crippen molar-refractivity contribution in [2.24, 2.45) is 0 Å². The average Bonchev–Trinajstić information content (AvgIpc) is 2.96. The Morgan fingerprint density at radius 1 is 1.38 bits per heavy atom. The highest BCUT2D eigenvalue weighted by Gasteiger charge is 2.26. The van der Waals surface area contributed by atoms with Gasteiger partial charge in [0.1, 0.15) is 12.4 Å². The van der Waals surface area contributed by atoms with Crippen molar-refractivity contribution in [1.29, 1.82) is 0 Å². The van der Waals surface area contributed by atoms with Crippen LogP contribution < -0.4 is 10.5 Å². The van der Waals surface area contributed by atoms with Crippen LogP contribution in [0.1, 0.15) is 11.3 Å². The lowest BCUT2D eigenvalue weighted by Crippen LogP contribution is -2.12. The predicted molar refractivity (Wildman–Crippen MR) is 96.1 cm³/mol. The van der Waals surface area contributed by atoms with Gasteiger partial charge in [0.2, 0.25) is 12.4 Å². The third kappa shape index (κ3) is 3.29. The minimum atomic E-state index is 0.138. The molecule has 1 aliphatic rings. The maximum atomic E-state index is 11.1. The van der Waals surface area contributed by atoms with Crippen LogP contribution >= 0.6 is 39.1 Å². The van der Waals surface area contributed by atoms with Gasteiger partial charge < -0.3 is 15.4 Å². The maximum Gasteiger partial charge on any atom is 0.220 e. The van der Waals surface area contributed by atoms with Crippen LogP contribution in [0, 0.1) is 0 Å². The molecule has 2 aromatic rings. The number of amides is 1. The molecular formula is C15H13BrCl2N4O2. The monoisotopic (exact) mass is 430 g/mol. The summed E-state index contributed by atoms with van der Waals surface area (Å²) in [5.74, 6) is 1.11. The number of halogens is 3. The number of hydrogen-bond acceptors (Lipinski definition) is 5. The summed E-state index contributed by atoms with van der Waals surface area (Å²) in [5.41, 5.74) is 8.66. The molecule has 2 heterocycles. The van der Waals surface area contributed by atoms with E-state index in [0.29, 0.717) is 47.6 Å². The van der Waals surface area contributed by atoms with E-state index < -0.39 is 0 Å². The minimum Gasteiger partial charge on any atom is -0.491 e. The van der Waals surface area contributed by atoms with Gasteiger partial charge in [-0.2, -0.15) is 0 Å². The summed E-state index contributed by atoms with van der Waals surface area (Å²) in [6, 6.07) is 3.52. The smallest absolute Gasteiger partial charge is 0.220 e. The molecule has 1 aromatic carbocycles. The Bertz CT molecular complexity index is 804. The molecule has 126 valence electrons. The zero-order valence-electron chi connectivity index (χ0n) is 12.4. The zero-order chi connectivity index (χ0) is 17.3. The second-order valence-corrected chi connectivity index (χ2v) is 6.81. The van der Waals surface area contributed by atoms with Gasteiger partial charge in [-0.3, -0.25) is 4.79 Å². The molecule has 3 rings (SSSR count). The average molecular weight is 432 g/mol. The van der Waals surface area contributed by atoms with Crippen molar-refractivity contribution in [2.45, 2.75) is 13.1 Å². The largest absolute Gasteiger partial charge is 0.491 e. The molecular weight excluding hydrogens is 419 g/mol. The number of anilines is 1. The van der Waals surface area contributed by atoms with Crippen molar-refractivity contribution in [3.63, 3.8) is 0 Å². The molecule has 0 fully saturated rings. The molecule has 1 aliphatic heterocycles. The Hall–Kier alpha value is -1.57. The first kappa shape index (κ1) is 17.3. The van der Waals surface area contributed by atoms with Crippen molar-refractivity contribution >= 4 is 51.5 Å². The summed E-state index contributed by atoms with van der Waals surface area (Å²) >= 11 is 15.5. The predicted octanol–water partition coefficient (Wildman–Crippen LogP) is 3.23. The number of aromatic nitrogens is 2. The van der Waals surface area contributed by atoms with E-state index >= 15 is 0 Å². The van der Waals surface area contributed by atoms with Crippen molar-refractivity contribution in [1.82, 2.24) is 14.9 Å². The van der Waals surface area contributed by atoms with Crippen LogP contribution in [0.2, 0.25) is 5.02 Å². The molecule has 0 bridgehead atoms. The third-order valence-corrected chi connectivity index (χ3v) is 4.67. The molecule has 0 spiro atoms. The molecule has 1 amide bonds. The second-order valence-electron chi connectivity index (χ2n) is 5.17. The van der Waals surface area contributed by atoms with Gasteiger partial charge in [0.15, 0.2) is 0 Å². The van der Waals surface area contributed by atoms with E-state index in [2.05, 4.69) is 25.9 Å². The summed E-state index contributed by atoms with van der Waals surface area (Å²) in [6.07, 6.45) is 0.778. The van der Waals surface area contributed by atoms with Crippen molar-refractivity contribution in [3.8, 4) is 17.0 Å². The first-order chi connectivity index (χ1) is 11.5. The molecule has 0 atom stereocenters. The molecule has 0 aliphatic carbocycles. The van der Waals surface area contributed by atoms with Crippen molar-refractivity contribution in [2.75, 3.05) is 18.2 Å². The highest BCUT2D eigenvalue weighted by Crippen LogP contribution is 2.39. The lowest BCUT2D eigenvalue weighted by atomic mass is 10.1. The van der Waals surface area contributed by atoms with Gasteiger partial charge in [-0.1, -0.05) is 11.6 Å². The van der Waals surface area contributed by atoms with Gasteiger partial charge in [-0.15, -0.1) is 11.6 Å². The second kappa shape index (κ2) is 7.13. The number of carbonyl (C=O) groups excluding carboxylic acids is 1. The van der Waals surface area contributed by atoms with Crippen LogP contribution in [-0.2, 0) is 17.9 Å². The highest BCUT2D eigenvalue weighted by molar-refractivity contribution is 9.10. The lowest BCUT2D eigenvalue weighted by Gasteiger charge is -2.13. The number of carbonyl (C=O) groups is 1. The SMILES string of the molecule is Nc1nc2c(c(-c3cc(OCCCl)c(Br)cc3Cl)n1)CN(C=O)C2. The molecule has 0 radical (unpaired) electrons. The normalized spacial score (nSPS) is 13.0. The van der Waals surface area contributed by atoms with E-state index in [1.807, 2.05) is 0 Å². The fraction of sp³-hybridized carbons (Fsp3) is 0.267. The Morgan fingerprint density at radius 2 is 2.17 bits per heavy atom. The number of alkyl halides is 1. The Balaban J connectivity index is 2.11. The summed E-state index contributed by atoms with van der Waals surface area (Å²) in [7, 11) is 0. The van der Waals surface area contributed by atoms with E-state index in [-0.39, 0.29) is 5.95 Å². The van der Waals surface area contributed by atoms with Gasteiger partial charge in [0.25, 0.3) is 0 Å². The molecule has 6 nitrogen and oxygen atoms in total. The fourth-order valence-electron chi connectivity index (χ4n) is 2.56. The summed E-state index contributed by atoms with van der Waals surface area (Å²) < 4.78 is 6.33. The molecule has 0 saturated carbocycles. The number of ether oxygens (including phenoxy) is 1. The summed E-state index contributed by atoms with van der Waals surface area (Å²) in [4.78, 5) is 21.2. The number of rotatable bonds is 5. The van der Waals surface area contributed by atoms with Gasteiger partial charge in [0.05, 0.1) is 33.3 Å². The van der Waals surface area contributed by atoms with Gasteiger partial charge in [-0.05, 0) is 28.1 Å². The highest BCUT2D eigenvalue weighted by atomic mass is 79.9. The number of hydrogen-bond donors (Lipinski definition) is 1. The van der Waals surface area contributed by atoms with E-state index in [1.165, 1.54) is 0 Å². The van der Waals surface area contributed by atoms with Crippen molar-refractivity contribution < 1.29 is 9.53 Å². The van der Waals surface area contributed by atoms with Gasteiger partial charge >= 0.3 is 0 Å². The Labute approximate surface area is 157 Å². The van der Waals surface area contributed by atoms with E-state index in [0.717, 1.165) is 22.1 Å². The van der Waals surface area contributed by atoms with Crippen molar-refractivity contribution in [3.05, 3.63) is 32.9 Å². The standard InChI is InChI=1S/C15H13BrCl2N4O2/c16-10-4-11(18)8(3-13(10)24-2-1-17)14-9-5-22(7-23)6-12(9)20-15(19)21-14/h3-4,7H,1-2,5-6H2,(H2,19,20,21). The van der Waals surface area contributed by atoms with Crippen LogP contribution in [0.3, 0.4) is 0 Å². The van der Waals surface area contributed by atoms with Gasteiger partial charge in [0, 0.05) is 17.7 Å². The topological polar surface area (TPSA) is 81.3 Å². The molecule has 24 heavy (non-hydrogen) atoms. The molecule has 0 saturated heterocycles. The van der Waals surface area contributed by atoms with E-state index in [9.17, 15) is 4.79 Å². The quantitative estimate of drug-likeness (QED) is 0.580. The Morgan fingerprint density at radius 3 is 2.88 bits per heavy atom. The minimum absolute atomic E-state index is 0.138. The zero-order valence-corrected chi connectivity index (χ0v) is 15.5. The van der Waals surface area contributed by atoms with Crippen LogP contribution in [0.5, 0.6) is 5.75 Å². The van der Waals surface area contributed by atoms with Gasteiger partial charge in [-0.25, -0.2) is 9.97 Å². The van der Waals surface area contributed by atoms with E-state index in [4.69, 9.17) is 33.7 Å². The molecule has 1 aromatic heterocycles. The number of benzene rings is 1. The lowest BCUT2D eigenvalue weighted by molar-refractivity contribution is -0.118. The number of fused-ring (bicyclic) bond motifs is 1. The number of nitrogen functional groups attached to an aromatic ring is 1. The van der Waals surface area contributed by atoms with Crippen LogP contribution in [0.15, 0.2) is 16.6 Å². The number of nitrogens with two attached hydrogens (primary N) is 1.